The third-order valence-corrected chi connectivity index (χ3v) is 5.12. The van der Waals surface area contributed by atoms with E-state index in [-0.39, 0.29) is 6.10 Å². The standard InChI is InChI=1S/C14H22N2O4S/c1-21(17,18)15-6-14-13-8-16(4-2-12(13)10-20-14)7-11-3-5-19-9-11/h3,5,9,12-15H,2,4,6-8,10H2,1H3/t12-,13-,14+/m1/s1. The molecule has 0 bridgehead atoms. The Balaban J connectivity index is 1.58. The van der Waals surface area contributed by atoms with Gasteiger partial charge in [0.15, 0.2) is 0 Å². The third-order valence-electron chi connectivity index (χ3n) is 4.43. The predicted octanol–water partition coefficient (Wildman–Crippen LogP) is 0.666. The molecule has 118 valence electrons. The lowest BCUT2D eigenvalue weighted by atomic mass is 9.84. The minimum Gasteiger partial charge on any atom is -0.472 e. The highest BCUT2D eigenvalue weighted by Gasteiger charge is 2.40. The molecule has 2 aliphatic rings. The van der Waals surface area contributed by atoms with Crippen LogP contribution in [-0.2, 0) is 21.3 Å². The highest BCUT2D eigenvalue weighted by atomic mass is 32.2. The highest BCUT2D eigenvalue weighted by Crippen LogP contribution is 2.34. The zero-order valence-corrected chi connectivity index (χ0v) is 13.0. The Bertz CT molecular complexity index is 558. The number of ether oxygens (including phenoxy) is 1. The molecule has 1 aromatic heterocycles. The number of sulfonamides is 1. The van der Waals surface area contributed by atoms with Crippen LogP contribution in [0.15, 0.2) is 23.0 Å². The van der Waals surface area contributed by atoms with Gasteiger partial charge in [0.2, 0.25) is 10.0 Å². The van der Waals surface area contributed by atoms with Gasteiger partial charge in [-0.2, -0.15) is 0 Å². The van der Waals surface area contributed by atoms with Crippen LogP contribution in [0.3, 0.4) is 0 Å². The van der Waals surface area contributed by atoms with Crippen LogP contribution in [0.2, 0.25) is 0 Å². The Morgan fingerprint density at radius 1 is 1.48 bits per heavy atom. The summed E-state index contributed by atoms with van der Waals surface area (Å²) in [6.45, 7) is 4.01. The van der Waals surface area contributed by atoms with Crippen molar-refractivity contribution in [2.45, 2.75) is 19.1 Å². The van der Waals surface area contributed by atoms with Crippen LogP contribution in [0, 0.1) is 11.8 Å². The van der Waals surface area contributed by atoms with Crippen molar-refractivity contribution in [1.29, 1.82) is 0 Å². The van der Waals surface area contributed by atoms with E-state index in [9.17, 15) is 8.42 Å². The first-order chi connectivity index (χ1) is 10.0. The summed E-state index contributed by atoms with van der Waals surface area (Å²) in [6, 6.07) is 1.99. The van der Waals surface area contributed by atoms with Gasteiger partial charge in [0.25, 0.3) is 0 Å². The number of hydrogen-bond acceptors (Lipinski definition) is 5. The maximum absolute atomic E-state index is 11.2. The van der Waals surface area contributed by atoms with E-state index in [0.29, 0.717) is 18.4 Å². The van der Waals surface area contributed by atoms with E-state index in [0.717, 1.165) is 32.7 Å². The van der Waals surface area contributed by atoms with Crippen molar-refractivity contribution < 1.29 is 17.6 Å². The van der Waals surface area contributed by atoms with Crippen molar-refractivity contribution in [3.8, 4) is 0 Å². The molecule has 0 spiro atoms. The number of rotatable bonds is 5. The van der Waals surface area contributed by atoms with Gasteiger partial charge in [-0.3, -0.25) is 4.90 Å². The molecule has 3 heterocycles. The van der Waals surface area contributed by atoms with Gasteiger partial charge < -0.3 is 9.15 Å². The van der Waals surface area contributed by atoms with Crippen LogP contribution in [0.4, 0.5) is 0 Å². The smallest absolute Gasteiger partial charge is 0.208 e. The average Bonchev–Trinajstić information content (AvgIpc) is 3.05. The van der Waals surface area contributed by atoms with E-state index in [1.54, 1.807) is 12.5 Å². The Hall–Kier alpha value is -0.890. The fourth-order valence-electron chi connectivity index (χ4n) is 3.33. The summed E-state index contributed by atoms with van der Waals surface area (Å²) in [5, 5.41) is 0. The Morgan fingerprint density at radius 2 is 2.33 bits per heavy atom. The summed E-state index contributed by atoms with van der Waals surface area (Å²) in [6.07, 6.45) is 5.75. The summed E-state index contributed by atoms with van der Waals surface area (Å²) in [4.78, 5) is 2.40. The molecule has 6 nitrogen and oxygen atoms in total. The van der Waals surface area contributed by atoms with Gasteiger partial charge in [-0.15, -0.1) is 0 Å². The first kappa shape index (κ1) is 15.0. The van der Waals surface area contributed by atoms with Gasteiger partial charge in [-0.25, -0.2) is 13.1 Å². The molecule has 0 saturated carbocycles. The molecule has 1 N–H and O–H groups in total. The van der Waals surface area contributed by atoms with Crippen molar-refractivity contribution in [3.63, 3.8) is 0 Å². The number of nitrogens with zero attached hydrogens (tertiary/aromatic N) is 1. The lowest BCUT2D eigenvalue weighted by molar-refractivity contribution is 0.0776. The normalized spacial score (nSPS) is 30.4. The molecule has 2 saturated heterocycles. The summed E-state index contributed by atoms with van der Waals surface area (Å²) < 4.78 is 36.0. The first-order valence-corrected chi connectivity index (χ1v) is 9.20. The van der Waals surface area contributed by atoms with E-state index >= 15 is 0 Å². The molecule has 3 rings (SSSR count). The van der Waals surface area contributed by atoms with Crippen molar-refractivity contribution >= 4 is 10.0 Å². The second kappa shape index (κ2) is 6.08. The Kier molecular flexibility index (Phi) is 4.35. The molecular formula is C14H22N2O4S. The molecule has 0 unspecified atom stereocenters. The zero-order chi connectivity index (χ0) is 14.9. The SMILES string of the molecule is CS(=O)(=O)NC[C@@H]1OC[C@H]2CCN(Cc3ccoc3)C[C@H]21. The van der Waals surface area contributed by atoms with Crippen LogP contribution < -0.4 is 4.72 Å². The molecular weight excluding hydrogens is 292 g/mol. The molecule has 1 aromatic rings. The molecule has 0 amide bonds. The number of furan rings is 1. The average molecular weight is 314 g/mol. The molecule has 0 aromatic carbocycles. The monoisotopic (exact) mass is 314 g/mol. The highest BCUT2D eigenvalue weighted by molar-refractivity contribution is 7.88. The maximum Gasteiger partial charge on any atom is 0.208 e. The van der Waals surface area contributed by atoms with Gasteiger partial charge in [-0.1, -0.05) is 0 Å². The topological polar surface area (TPSA) is 71.8 Å². The minimum atomic E-state index is -3.16. The molecule has 7 heteroatoms. The second-order valence-corrected chi connectivity index (χ2v) is 7.90. The fourth-order valence-corrected chi connectivity index (χ4v) is 3.80. The summed E-state index contributed by atoms with van der Waals surface area (Å²) in [5.41, 5.74) is 1.18. The van der Waals surface area contributed by atoms with Gasteiger partial charge in [0.1, 0.15) is 0 Å². The van der Waals surface area contributed by atoms with E-state index in [1.807, 2.05) is 6.07 Å². The Morgan fingerprint density at radius 3 is 3.05 bits per heavy atom. The van der Waals surface area contributed by atoms with Crippen LogP contribution in [0.1, 0.15) is 12.0 Å². The van der Waals surface area contributed by atoms with Gasteiger partial charge in [0.05, 0.1) is 31.5 Å². The summed E-state index contributed by atoms with van der Waals surface area (Å²) in [7, 11) is -3.16. The number of fused-ring (bicyclic) bond motifs is 1. The summed E-state index contributed by atoms with van der Waals surface area (Å²) in [5.74, 6) is 0.955. The van der Waals surface area contributed by atoms with Gasteiger partial charge in [-0.05, 0) is 24.9 Å². The second-order valence-electron chi connectivity index (χ2n) is 6.07. The van der Waals surface area contributed by atoms with Crippen LogP contribution in [0.5, 0.6) is 0 Å². The predicted molar refractivity (Wildman–Crippen MR) is 78.2 cm³/mol. The van der Waals surface area contributed by atoms with E-state index in [2.05, 4.69) is 9.62 Å². The van der Waals surface area contributed by atoms with E-state index in [4.69, 9.17) is 9.15 Å². The molecule has 21 heavy (non-hydrogen) atoms. The number of hydrogen-bond donors (Lipinski definition) is 1. The third kappa shape index (κ3) is 3.85. The minimum absolute atomic E-state index is 0.0168. The van der Waals surface area contributed by atoms with Crippen LogP contribution >= 0.6 is 0 Å². The maximum atomic E-state index is 11.2. The van der Waals surface area contributed by atoms with Gasteiger partial charge >= 0.3 is 0 Å². The Labute approximate surface area is 125 Å². The number of piperidine rings is 1. The van der Waals surface area contributed by atoms with Crippen molar-refractivity contribution in [1.82, 2.24) is 9.62 Å². The van der Waals surface area contributed by atoms with E-state index in [1.165, 1.54) is 11.8 Å². The zero-order valence-electron chi connectivity index (χ0n) is 12.2. The lowest BCUT2D eigenvalue weighted by Gasteiger charge is -2.35. The van der Waals surface area contributed by atoms with E-state index < -0.39 is 10.0 Å². The molecule has 3 atom stereocenters. The number of likely N-dealkylation sites (tertiary alicyclic amines) is 1. The van der Waals surface area contributed by atoms with Crippen molar-refractivity contribution in [2.24, 2.45) is 11.8 Å². The first-order valence-electron chi connectivity index (χ1n) is 7.31. The molecule has 0 radical (unpaired) electrons. The lowest BCUT2D eigenvalue weighted by Crippen LogP contribution is -2.44. The molecule has 2 aliphatic heterocycles. The molecule has 0 aliphatic carbocycles. The van der Waals surface area contributed by atoms with Crippen LogP contribution in [0.25, 0.3) is 0 Å². The van der Waals surface area contributed by atoms with Gasteiger partial charge in [0, 0.05) is 31.1 Å². The molecule has 2 fully saturated rings. The van der Waals surface area contributed by atoms with Crippen LogP contribution in [-0.4, -0.2) is 51.9 Å². The quantitative estimate of drug-likeness (QED) is 0.865. The van der Waals surface area contributed by atoms with Crippen molar-refractivity contribution in [2.75, 3.05) is 32.5 Å². The fraction of sp³-hybridized carbons (Fsp3) is 0.714. The summed E-state index contributed by atoms with van der Waals surface area (Å²) >= 11 is 0. The van der Waals surface area contributed by atoms with Crippen molar-refractivity contribution in [3.05, 3.63) is 24.2 Å². The largest absolute Gasteiger partial charge is 0.472 e. The number of nitrogens with one attached hydrogen (secondary N) is 1.